The first-order valence-corrected chi connectivity index (χ1v) is 28.4. The quantitative estimate of drug-likeness (QED) is 0.0147. The van der Waals surface area contributed by atoms with Crippen LogP contribution >= 0.6 is 34.7 Å². The molecule has 1 unspecified atom stereocenters. The number of aromatic nitrogens is 1. The molecule has 0 radical (unpaired) electrons. The second-order valence-electron chi connectivity index (χ2n) is 18.6. The van der Waals surface area contributed by atoms with Gasteiger partial charge in [-0.25, -0.2) is 14.6 Å². The van der Waals surface area contributed by atoms with E-state index in [4.69, 9.17) is 40.8 Å². The molecule has 2 aliphatic rings. The number of halogens is 1. The lowest BCUT2D eigenvalue weighted by molar-refractivity contribution is -0.153. The van der Waals surface area contributed by atoms with Crippen molar-refractivity contribution in [3.8, 4) is 5.75 Å². The molecule has 0 bridgehead atoms. The van der Waals surface area contributed by atoms with Gasteiger partial charge >= 0.3 is 12.1 Å². The van der Waals surface area contributed by atoms with Gasteiger partial charge in [-0.3, -0.25) is 14.5 Å². The van der Waals surface area contributed by atoms with Crippen molar-refractivity contribution in [3.05, 3.63) is 280 Å². The summed E-state index contributed by atoms with van der Waals surface area (Å²) in [5, 5.41) is 15.6. The Kier molecular flexibility index (Phi) is 17.7. The number of rotatable bonds is 22. The van der Waals surface area contributed by atoms with E-state index in [0.29, 0.717) is 22.0 Å². The molecule has 0 saturated carbocycles. The summed E-state index contributed by atoms with van der Waals surface area (Å²) in [4.78, 5) is 69.9. The maximum Gasteiger partial charge on any atom is 0.407 e. The minimum absolute atomic E-state index is 0.00450. The number of esters is 1. The number of oxime groups is 1. The molecular weight excluding hydrogens is 1080 g/mol. The number of nitrogens with one attached hydrogen (secondary N) is 3. The highest BCUT2D eigenvalue weighted by molar-refractivity contribution is 8.00. The average molecular weight is 1140 g/mol. The number of amides is 3. The van der Waals surface area contributed by atoms with Crippen LogP contribution in [-0.4, -0.2) is 82.8 Å². The highest BCUT2D eigenvalue weighted by atomic mass is 35.5. The summed E-state index contributed by atoms with van der Waals surface area (Å²) in [6.45, 7) is -0.00310. The Morgan fingerprint density at radius 3 is 1.74 bits per heavy atom. The number of thioether (sulfide) groups is 1. The Labute approximate surface area is 482 Å². The van der Waals surface area contributed by atoms with Crippen LogP contribution < -0.4 is 20.7 Å². The van der Waals surface area contributed by atoms with E-state index in [2.05, 4.69) is 52.3 Å². The first-order chi connectivity index (χ1) is 39.7. The van der Waals surface area contributed by atoms with Crippen molar-refractivity contribution in [2.24, 2.45) is 5.16 Å². The lowest BCUT2D eigenvalue weighted by Gasteiger charge is -2.49. The molecule has 3 N–H and O–H groups in total. The van der Waals surface area contributed by atoms with Crippen molar-refractivity contribution in [1.82, 2.24) is 20.5 Å². The van der Waals surface area contributed by atoms with Gasteiger partial charge in [-0.2, -0.15) is 0 Å². The summed E-state index contributed by atoms with van der Waals surface area (Å²) in [5.41, 5.74) is 3.78. The number of ether oxygens (including phenoxy) is 3. The summed E-state index contributed by atoms with van der Waals surface area (Å²) < 4.78 is 16.4. The number of alkyl halides is 1. The van der Waals surface area contributed by atoms with Crippen molar-refractivity contribution in [1.29, 1.82) is 0 Å². The van der Waals surface area contributed by atoms with Crippen molar-refractivity contribution >= 4 is 69.4 Å². The predicted octanol–water partition coefficient (Wildman–Crippen LogP) is 11.2. The smallest absolute Gasteiger partial charge is 0.407 e. The van der Waals surface area contributed by atoms with Crippen molar-refractivity contribution in [2.75, 3.05) is 37.2 Å². The van der Waals surface area contributed by atoms with E-state index in [1.165, 1.54) is 28.0 Å². The molecule has 2 atom stereocenters. The van der Waals surface area contributed by atoms with Gasteiger partial charge in [-0.15, -0.1) is 34.7 Å². The van der Waals surface area contributed by atoms with Crippen LogP contribution in [0.1, 0.15) is 44.6 Å². The van der Waals surface area contributed by atoms with Gasteiger partial charge in [-0.05, 0) is 46.0 Å². The number of allylic oxidation sites excluding steroid dienone is 1. The van der Waals surface area contributed by atoms with E-state index in [-0.39, 0.29) is 48.5 Å². The third-order valence-corrected chi connectivity index (χ3v) is 15.9. The number of anilines is 1. The number of nitrogens with zero attached hydrogens (tertiary/aromatic N) is 3. The van der Waals surface area contributed by atoms with Crippen molar-refractivity contribution in [2.45, 2.75) is 29.2 Å². The molecule has 2 aliphatic heterocycles. The minimum atomic E-state index is -1.40. The van der Waals surface area contributed by atoms with Gasteiger partial charge in [0.2, 0.25) is 5.60 Å². The number of carbonyl (C=O) groups is 4. The van der Waals surface area contributed by atoms with Gasteiger partial charge in [0, 0.05) is 40.2 Å². The third-order valence-electron chi connectivity index (χ3n) is 13.7. The van der Waals surface area contributed by atoms with Gasteiger partial charge < -0.3 is 35.0 Å². The number of hydrogen-bond donors (Lipinski definition) is 3. The minimum Gasteiger partial charge on any atom is -0.497 e. The normalized spacial score (nSPS) is 15.3. The zero-order valence-corrected chi connectivity index (χ0v) is 46.2. The van der Waals surface area contributed by atoms with E-state index >= 15 is 4.79 Å². The van der Waals surface area contributed by atoms with Crippen LogP contribution in [0.15, 0.2) is 240 Å². The SMILES string of the molecule is COc1ccc(COC(=O)C2=C(C=CCOC(=O)NCCCl)CS[C@H]3C(NC(=O)C(=NOC(c4ccccc4)(c4ccccc4)c4ccccc4)c4csc(NC(c5ccccc5)(c5ccccc5)c5ccccc5)n4)C(=O)N23)cc1. The van der Waals surface area contributed by atoms with E-state index in [1.54, 1.807) is 48.9 Å². The van der Waals surface area contributed by atoms with Crippen LogP contribution in [0, 0.1) is 0 Å². The molecule has 81 heavy (non-hydrogen) atoms. The molecule has 8 aromatic rings. The zero-order chi connectivity index (χ0) is 56.0. The van der Waals surface area contributed by atoms with Crippen LogP contribution in [0.5, 0.6) is 5.75 Å². The number of alkyl carbamates (subject to hydrolysis) is 1. The molecule has 3 heterocycles. The Balaban J connectivity index is 1.03. The van der Waals surface area contributed by atoms with Gasteiger partial charge in [0.25, 0.3) is 11.8 Å². The monoisotopic (exact) mass is 1130 g/mol. The topological polar surface area (TPSA) is 170 Å². The number of benzene rings is 7. The Bertz CT molecular complexity index is 3350. The van der Waals surface area contributed by atoms with E-state index < -0.39 is 46.4 Å². The second kappa shape index (κ2) is 25.9. The van der Waals surface area contributed by atoms with E-state index in [1.807, 2.05) is 146 Å². The van der Waals surface area contributed by atoms with Gasteiger partial charge in [0.05, 0.1) is 7.11 Å². The maximum atomic E-state index is 15.4. The molecule has 0 aliphatic carbocycles. The fourth-order valence-electron chi connectivity index (χ4n) is 9.80. The molecule has 14 nitrogen and oxygen atoms in total. The summed E-state index contributed by atoms with van der Waals surface area (Å²) in [6.07, 6.45) is 2.53. The zero-order valence-electron chi connectivity index (χ0n) is 43.9. The van der Waals surface area contributed by atoms with E-state index in [0.717, 1.165) is 33.4 Å². The Morgan fingerprint density at radius 2 is 1.23 bits per heavy atom. The molecule has 7 aromatic carbocycles. The molecule has 1 fully saturated rings. The van der Waals surface area contributed by atoms with Crippen LogP contribution in [-0.2, 0) is 46.4 Å². The summed E-state index contributed by atoms with van der Waals surface area (Å²) in [7, 11) is 1.56. The molecule has 3 amide bonds. The molecule has 1 saturated heterocycles. The Morgan fingerprint density at radius 1 is 0.716 bits per heavy atom. The molecular formula is C64H55ClN6O8S2. The first kappa shape index (κ1) is 55.4. The standard InChI is InChI=1S/C64H55ClN6O8S2/c1-76-52-36-34-44(35-37-52)41-78-60(74)56-45(21-20-40-77-62(75)66-39-38-65)42-80-59-55(58(73)71(56)59)68-57(72)54(70-79-64(49-28-14-5-15-29-49,50-30-16-6-17-31-50)51-32-18-7-19-33-51)53-43-81-61(67-53)69-63(46-22-8-2-9-23-46,47-24-10-3-11-25-47)48-26-12-4-13-27-48/h2-37,43,55,59H,38-42H2,1H3,(H,66,75)(H,67,69)(H,68,72)/t55?,59-/m0/s1. The molecule has 0 spiro atoms. The van der Waals surface area contributed by atoms with Gasteiger partial charge in [0.1, 0.15) is 47.3 Å². The van der Waals surface area contributed by atoms with Gasteiger partial charge in [0.15, 0.2) is 10.8 Å². The van der Waals surface area contributed by atoms with Gasteiger partial charge in [-0.1, -0.05) is 205 Å². The molecule has 10 rings (SSSR count). The highest BCUT2D eigenvalue weighted by Crippen LogP contribution is 2.44. The third kappa shape index (κ3) is 12.0. The number of methoxy groups -OCH3 is 1. The summed E-state index contributed by atoms with van der Waals surface area (Å²) >= 11 is 8.33. The lowest BCUT2D eigenvalue weighted by Crippen LogP contribution is -2.71. The Hall–Kier alpha value is -8.96. The van der Waals surface area contributed by atoms with Crippen LogP contribution in [0.25, 0.3) is 0 Å². The van der Waals surface area contributed by atoms with E-state index in [9.17, 15) is 14.4 Å². The average Bonchev–Trinajstić information content (AvgIpc) is 4.17. The van der Waals surface area contributed by atoms with Crippen LogP contribution in [0.3, 0.4) is 0 Å². The predicted molar refractivity (Wildman–Crippen MR) is 316 cm³/mol. The maximum absolute atomic E-state index is 15.4. The lowest BCUT2D eigenvalue weighted by atomic mass is 9.77. The molecule has 1 aromatic heterocycles. The number of carbonyl (C=O) groups excluding carboxylic acids is 4. The number of β-lactam (4-membered cyclic amide) rings is 1. The van der Waals surface area contributed by atoms with Crippen molar-refractivity contribution < 1.29 is 38.2 Å². The molecule has 17 heteroatoms. The highest BCUT2D eigenvalue weighted by Gasteiger charge is 2.55. The van der Waals surface area contributed by atoms with Crippen LogP contribution in [0.2, 0.25) is 0 Å². The second-order valence-corrected chi connectivity index (χ2v) is 20.9. The number of hydrogen-bond acceptors (Lipinski definition) is 13. The summed E-state index contributed by atoms with van der Waals surface area (Å²) in [6, 6.07) is 65.1. The fraction of sp³-hybridized carbons (Fsp3) is 0.156. The van der Waals surface area contributed by atoms with Crippen molar-refractivity contribution in [3.63, 3.8) is 0 Å². The first-order valence-electron chi connectivity index (χ1n) is 26.0. The largest absolute Gasteiger partial charge is 0.497 e. The molecule has 408 valence electrons. The number of fused-ring (bicyclic) bond motifs is 1. The fourth-order valence-corrected chi connectivity index (χ4v) is 12.0. The summed E-state index contributed by atoms with van der Waals surface area (Å²) in [5.74, 6) is -0.997. The number of thiazole rings is 1. The van der Waals surface area contributed by atoms with Crippen LogP contribution in [0.4, 0.5) is 9.93 Å².